The number of rotatable bonds is 5. The third-order valence-electron chi connectivity index (χ3n) is 1.98. The monoisotopic (exact) mass is 191 g/mol. The number of methoxy groups -OCH3 is 1. The number of aliphatic imine (C=N–C) groups is 1. The minimum absolute atomic E-state index is 0.449. The average Bonchev–Trinajstić information content (AvgIpc) is 2.25. The highest BCUT2D eigenvalue weighted by molar-refractivity contribution is 6.00. The maximum absolute atomic E-state index is 4.95. The van der Waals surface area contributed by atoms with Gasteiger partial charge in [0.25, 0.3) is 0 Å². The van der Waals surface area contributed by atoms with Crippen molar-refractivity contribution in [2.75, 3.05) is 13.8 Å². The molecule has 0 saturated carbocycles. The van der Waals surface area contributed by atoms with Crippen LogP contribution in [-0.4, -0.2) is 19.6 Å². The summed E-state index contributed by atoms with van der Waals surface area (Å²) in [4.78, 5) is 4.40. The quantitative estimate of drug-likeness (QED) is 0.656. The fourth-order valence-corrected chi connectivity index (χ4v) is 1.32. The van der Waals surface area contributed by atoms with Crippen molar-refractivity contribution in [3.8, 4) is 0 Å². The molecule has 0 amide bonds. The number of nitrogens with zero attached hydrogens (tertiary/aromatic N) is 1. The van der Waals surface area contributed by atoms with E-state index in [0.717, 1.165) is 18.6 Å². The molecule has 0 N–H and O–H groups in total. The zero-order valence-corrected chi connectivity index (χ0v) is 8.86. The molecule has 14 heavy (non-hydrogen) atoms. The van der Waals surface area contributed by atoms with Crippen molar-refractivity contribution in [1.82, 2.24) is 0 Å². The van der Waals surface area contributed by atoms with E-state index in [4.69, 9.17) is 4.74 Å². The summed E-state index contributed by atoms with van der Waals surface area (Å²) in [7, 11) is 1.66. The molecule has 0 atom stereocenters. The smallest absolute Gasteiger partial charge is 0.137 e. The molecular weight excluding hydrogens is 174 g/mol. The maximum atomic E-state index is 4.95. The predicted molar refractivity (Wildman–Crippen MR) is 59.8 cm³/mol. The average molecular weight is 191 g/mol. The van der Waals surface area contributed by atoms with Crippen LogP contribution in [0, 0.1) is 0 Å². The van der Waals surface area contributed by atoms with E-state index in [9.17, 15) is 0 Å². The molecule has 1 rings (SSSR count). The lowest BCUT2D eigenvalue weighted by molar-refractivity contribution is 0.209. The molecule has 0 aromatic heterocycles. The molecule has 0 saturated heterocycles. The van der Waals surface area contributed by atoms with Gasteiger partial charge in [0.05, 0.1) is 0 Å². The summed E-state index contributed by atoms with van der Waals surface area (Å²) < 4.78 is 4.95. The molecule has 0 fully saturated rings. The first-order valence-corrected chi connectivity index (χ1v) is 4.96. The Morgan fingerprint density at radius 2 is 2.00 bits per heavy atom. The third-order valence-corrected chi connectivity index (χ3v) is 1.98. The minimum atomic E-state index is 0.449. The molecule has 1 aromatic rings. The molecular formula is C12H17NO. The zero-order valence-electron chi connectivity index (χ0n) is 8.86. The van der Waals surface area contributed by atoms with Crippen LogP contribution in [-0.2, 0) is 4.74 Å². The van der Waals surface area contributed by atoms with Gasteiger partial charge in [0, 0.05) is 12.8 Å². The van der Waals surface area contributed by atoms with Crippen molar-refractivity contribution in [2.45, 2.75) is 19.8 Å². The minimum Gasteiger partial charge on any atom is -0.363 e. The van der Waals surface area contributed by atoms with Crippen LogP contribution >= 0.6 is 0 Å². The first kappa shape index (κ1) is 10.9. The lowest BCUT2D eigenvalue weighted by Crippen LogP contribution is -2.02. The molecule has 0 aliphatic heterocycles. The predicted octanol–water partition coefficient (Wildman–Crippen LogP) is 2.88. The number of hydrogen-bond donors (Lipinski definition) is 0. The van der Waals surface area contributed by atoms with Gasteiger partial charge in [-0.3, -0.25) is 4.99 Å². The van der Waals surface area contributed by atoms with Gasteiger partial charge in [-0.15, -0.1) is 0 Å². The van der Waals surface area contributed by atoms with Gasteiger partial charge in [-0.05, 0) is 12.0 Å². The van der Waals surface area contributed by atoms with Crippen molar-refractivity contribution < 1.29 is 4.74 Å². The van der Waals surface area contributed by atoms with E-state index < -0.39 is 0 Å². The van der Waals surface area contributed by atoms with Crippen molar-refractivity contribution >= 4 is 5.71 Å². The fraction of sp³-hybridized carbons (Fsp3) is 0.417. The molecule has 0 unspecified atom stereocenters. The van der Waals surface area contributed by atoms with Gasteiger partial charge >= 0.3 is 0 Å². The van der Waals surface area contributed by atoms with E-state index in [2.05, 4.69) is 24.0 Å². The highest BCUT2D eigenvalue weighted by Crippen LogP contribution is 2.06. The first-order chi connectivity index (χ1) is 6.88. The van der Waals surface area contributed by atoms with E-state index in [1.54, 1.807) is 7.11 Å². The van der Waals surface area contributed by atoms with Crippen LogP contribution in [0.25, 0.3) is 0 Å². The Kier molecular flexibility index (Phi) is 4.94. The Balaban J connectivity index is 2.77. The van der Waals surface area contributed by atoms with Crippen LogP contribution in [0.15, 0.2) is 35.3 Å². The summed E-state index contributed by atoms with van der Waals surface area (Å²) in [6.45, 7) is 2.61. The Morgan fingerprint density at radius 1 is 1.29 bits per heavy atom. The first-order valence-electron chi connectivity index (χ1n) is 4.96. The summed E-state index contributed by atoms with van der Waals surface area (Å²) >= 11 is 0. The van der Waals surface area contributed by atoms with Crippen molar-refractivity contribution in [3.05, 3.63) is 35.9 Å². The molecule has 0 heterocycles. The second kappa shape index (κ2) is 6.33. The summed E-state index contributed by atoms with van der Waals surface area (Å²) in [5.74, 6) is 0. The highest BCUT2D eigenvalue weighted by Gasteiger charge is 2.00. The fourth-order valence-electron chi connectivity index (χ4n) is 1.32. The Labute approximate surface area is 85.6 Å². The largest absolute Gasteiger partial charge is 0.363 e. The lowest BCUT2D eigenvalue weighted by atomic mass is 10.1. The topological polar surface area (TPSA) is 21.6 Å². The van der Waals surface area contributed by atoms with Gasteiger partial charge in [0.1, 0.15) is 6.73 Å². The summed E-state index contributed by atoms with van der Waals surface area (Å²) in [5, 5.41) is 0. The lowest BCUT2D eigenvalue weighted by Gasteiger charge is -2.04. The Bertz CT molecular complexity index is 280. The Morgan fingerprint density at radius 3 is 2.57 bits per heavy atom. The van der Waals surface area contributed by atoms with E-state index in [1.807, 2.05) is 18.2 Å². The number of benzene rings is 1. The summed E-state index contributed by atoms with van der Waals surface area (Å²) in [5.41, 5.74) is 2.33. The zero-order chi connectivity index (χ0) is 10.2. The van der Waals surface area contributed by atoms with E-state index in [0.29, 0.717) is 6.73 Å². The number of ether oxygens (including phenoxy) is 1. The molecule has 0 aliphatic rings. The van der Waals surface area contributed by atoms with Crippen LogP contribution in [0.4, 0.5) is 0 Å². The summed E-state index contributed by atoms with van der Waals surface area (Å²) in [6, 6.07) is 10.3. The second-order valence-corrected chi connectivity index (χ2v) is 3.14. The van der Waals surface area contributed by atoms with Gasteiger partial charge in [0.2, 0.25) is 0 Å². The van der Waals surface area contributed by atoms with Crippen molar-refractivity contribution in [1.29, 1.82) is 0 Å². The van der Waals surface area contributed by atoms with E-state index in [-0.39, 0.29) is 0 Å². The normalized spacial score (nSPS) is 11.7. The molecule has 0 radical (unpaired) electrons. The van der Waals surface area contributed by atoms with E-state index >= 15 is 0 Å². The molecule has 0 spiro atoms. The van der Waals surface area contributed by atoms with Crippen LogP contribution in [0.1, 0.15) is 25.3 Å². The molecule has 1 aromatic carbocycles. The van der Waals surface area contributed by atoms with Gasteiger partial charge < -0.3 is 4.74 Å². The van der Waals surface area contributed by atoms with Crippen LogP contribution < -0.4 is 0 Å². The second-order valence-electron chi connectivity index (χ2n) is 3.14. The molecule has 76 valence electrons. The van der Waals surface area contributed by atoms with Crippen molar-refractivity contribution in [2.24, 2.45) is 4.99 Å². The molecule has 2 heteroatoms. The molecule has 2 nitrogen and oxygen atoms in total. The van der Waals surface area contributed by atoms with Gasteiger partial charge in [-0.2, -0.15) is 0 Å². The van der Waals surface area contributed by atoms with Gasteiger partial charge in [0.15, 0.2) is 0 Å². The standard InChI is InChI=1S/C12H17NO/c1-3-7-12(13-10-14-2)11-8-5-4-6-9-11/h4-6,8-9H,3,7,10H2,1-2H3. The SMILES string of the molecule is CCCC(=NCOC)c1ccccc1. The highest BCUT2D eigenvalue weighted by atomic mass is 16.5. The molecule has 0 bridgehead atoms. The van der Waals surface area contributed by atoms with Crippen LogP contribution in [0.3, 0.4) is 0 Å². The van der Waals surface area contributed by atoms with Gasteiger partial charge in [-0.1, -0.05) is 43.7 Å². The van der Waals surface area contributed by atoms with Crippen LogP contribution in [0.2, 0.25) is 0 Å². The maximum Gasteiger partial charge on any atom is 0.137 e. The Hall–Kier alpha value is -1.15. The summed E-state index contributed by atoms with van der Waals surface area (Å²) in [6.07, 6.45) is 2.12. The van der Waals surface area contributed by atoms with Crippen LogP contribution in [0.5, 0.6) is 0 Å². The number of hydrogen-bond acceptors (Lipinski definition) is 2. The van der Waals surface area contributed by atoms with E-state index in [1.165, 1.54) is 5.56 Å². The molecule has 0 aliphatic carbocycles. The van der Waals surface area contributed by atoms with Crippen molar-refractivity contribution in [3.63, 3.8) is 0 Å². The third kappa shape index (κ3) is 3.30. The van der Waals surface area contributed by atoms with Gasteiger partial charge in [-0.25, -0.2) is 0 Å².